The molecule has 1 amide bonds. The minimum absolute atomic E-state index is 0.204. The van der Waals surface area contributed by atoms with Crippen molar-refractivity contribution in [2.24, 2.45) is 0 Å². The molecule has 1 heterocycles. The standard InChI is InChI=1S/C12H15NO2/c14-10-13-7-6-12(8-13)15-9-11-4-2-1-3-5-11/h1-5,10,12H,6-9H2. The molecular weight excluding hydrogens is 190 g/mol. The number of hydrogen-bond donors (Lipinski definition) is 0. The van der Waals surface area contributed by atoms with E-state index in [2.05, 4.69) is 0 Å². The van der Waals surface area contributed by atoms with Crippen molar-refractivity contribution < 1.29 is 9.53 Å². The second-order valence-electron chi connectivity index (χ2n) is 3.81. The molecule has 1 unspecified atom stereocenters. The van der Waals surface area contributed by atoms with Gasteiger partial charge in [-0.25, -0.2) is 0 Å². The first-order valence-electron chi connectivity index (χ1n) is 5.23. The van der Waals surface area contributed by atoms with Crippen molar-refractivity contribution in [3.63, 3.8) is 0 Å². The molecule has 0 aromatic heterocycles. The lowest BCUT2D eigenvalue weighted by Crippen LogP contribution is -2.21. The maximum absolute atomic E-state index is 10.5. The van der Waals surface area contributed by atoms with Crippen LogP contribution in [-0.4, -0.2) is 30.5 Å². The maximum Gasteiger partial charge on any atom is 0.209 e. The van der Waals surface area contributed by atoms with Crippen molar-refractivity contribution in [3.05, 3.63) is 35.9 Å². The number of carbonyl (C=O) groups is 1. The lowest BCUT2D eigenvalue weighted by molar-refractivity contribution is -0.117. The molecule has 0 spiro atoms. The molecule has 1 saturated heterocycles. The summed E-state index contributed by atoms with van der Waals surface area (Å²) in [4.78, 5) is 12.3. The Balaban J connectivity index is 1.77. The third-order valence-corrected chi connectivity index (χ3v) is 2.65. The quantitative estimate of drug-likeness (QED) is 0.696. The second kappa shape index (κ2) is 4.94. The molecule has 0 N–H and O–H groups in total. The molecule has 1 fully saturated rings. The Bertz CT molecular complexity index is 313. The van der Waals surface area contributed by atoms with E-state index in [9.17, 15) is 4.79 Å². The van der Waals surface area contributed by atoms with E-state index in [0.29, 0.717) is 6.61 Å². The molecule has 0 saturated carbocycles. The van der Waals surface area contributed by atoms with Crippen LogP contribution in [0.3, 0.4) is 0 Å². The third kappa shape index (κ3) is 2.80. The normalized spacial score (nSPS) is 20.5. The van der Waals surface area contributed by atoms with E-state index < -0.39 is 0 Å². The van der Waals surface area contributed by atoms with Gasteiger partial charge in [-0.05, 0) is 12.0 Å². The minimum Gasteiger partial charge on any atom is -0.372 e. The van der Waals surface area contributed by atoms with Crippen LogP contribution in [0.2, 0.25) is 0 Å². The van der Waals surface area contributed by atoms with Crippen LogP contribution in [0.4, 0.5) is 0 Å². The lowest BCUT2D eigenvalue weighted by atomic mass is 10.2. The zero-order valence-electron chi connectivity index (χ0n) is 8.63. The number of nitrogens with zero attached hydrogens (tertiary/aromatic N) is 1. The van der Waals surface area contributed by atoms with Gasteiger partial charge in [0.25, 0.3) is 0 Å². The van der Waals surface area contributed by atoms with E-state index in [1.165, 1.54) is 5.56 Å². The molecule has 1 aliphatic rings. The number of amides is 1. The lowest BCUT2D eigenvalue weighted by Gasteiger charge is -2.11. The second-order valence-corrected chi connectivity index (χ2v) is 3.81. The largest absolute Gasteiger partial charge is 0.372 e. The highest BCUT2D eigenvalue weighted by Gasteiger charge is 2.21. The van der Waals surface area contributed by atoms with Gasteiger partial charge in [-0.15, -0.1) is 0 Å². The van der Waals surface area contributed by atoms with E-state index >= 15 is 0 Å². The van der Waals surface area contributed by atoms with Crippen LogP contribution >= 0.6 is 0 Å². The Morgan fingerprint density at radius 3 is 2.87 bits per heavy atom. The van der Waals surface area contributed by atoms with Gasteiger partial charge in [0, 0.05) is 13.1 Å². The van der Waals surface area contributed by atoms with Crippen LogP contribution in [0.5, 0.6) is 0 Å². The summed E-state index contributed by atoms with van der Waals surface area (Å²) in [5.74, 6) is 0. The maximum atomic E-state index is 10.5. The fourth-order valence-corrected chi connectivity index (χ4v) is 1.77. The summed E-state index contributed by atoms with van der Waals surface area (Å²) in [5.41, 5.74) is 1.18. The molecule has 2 rings (SSSR count). The fraction of sp³-hybridized carbons (Fsp3) is 0.417. The Morgan fingerprint density at radius 2 is 2.20 bits per heavy atom. The number of likely N-dealkylation sites (tertiary alicyclic amines) is 1. The van der Waals surface area contributed by atoms with Gasteiger partial charge in [0.05, 0.1) is 12.7 Å². The summed E-state index contributed by atoms with van der Waals surface area (Å²) in [7, 11) is 0. The van der Waals surface area contributed by atoms with E-state index in [-0.39, 0.29) is 6.10 Å². The Kier molecular flexibility index (Phi) is 3.35. The van der Waals surface area contributed by atoms with Gasteiger partial charge in [0.15, 0.2) is 0 Å². The summed E-state index contributed by atoms with van der Waals surface area (Å²) in [6.07, 6.45) is 2.05. The Labute approximate surface area is 89.7 Å². The zero-order valence-corrected chi connectivity index (χ0v) is 8.63. The predicted molar refractivity (Wildman–Crippen MR) is 57.3 cm³/mol. The van der Waals surface area contributed by atoms with Crippen molar-refractivity contribution in [3.8, 4) is 0 Å². The molecule has 1 atom stereocenters. The highest BCUT2D eigenvalue weighted by Crippen LogP contribution is 2.13. The fourth-order valence-electron chi connectivity index (χ4n) is 1.77. The Morgan fingerprint density at radius 1 is 1.40 bits per heavy atom. The van der Waals surface area contributed by atoms with Crippen molar-refractivity contribution in [1.29, 1.82) is 0 Å². The summed E-state index contributed by atoms with van der Waals surface area (Å²) < 4.78 is 5.72. The molecule has 15 heavy (non-hydrogen) atoms. The number of hydrogen-bond acceptors (Lipinski definition) is 2. The van der Waals surface area contributed by atoms with E-state index in [1.807, 2.05) is 30.3 Å². The van der Waals surface area contributed by atoms with Crippen LogP contribution in [0.1, 0.15) is 12.0 Å². The molecule has 1 aromatic carbocycles. The molecular formula is C12H15NO2. The van der Waals surface area contributed by atoms with Gasteiger partial charge in [-0.3, -0.25) is 4.79 Å². The van der Waals surface area contributed by atoms with Crippen molar-refractivity contribution in [1.82, 2.24) is 4.90 Å². The zero-order chi connectivity index (χ0) is 10.5. The summed E-state index contributed by atoms with van der Waals surface area (Å²) >= 11 is 0. The van der Waals surface area contributed by atoms with Crippen LogP contribution in [0.15, 0.2) is 30.3 Å². The molecule has 80 valence electrons. The van der Waals surface area contributed by atoms with Gasteiger partial charge in [-0.2, -0.15) is 0 Å². The van der Waals surface area contributed by atoms with Crippen molar-refractivity contribution in [2.45, 2.75) is 19.1 Å². The molecule has 0 radical (unpaired) electrons. The number of rotatable bonds is 4. The monoisotopic (exact) mass is 205 g/mol. The summed E-state index contributed by atoms with van der Waals surface area (Å²) in [5, 5.41) is 0. The van der Waals surface area contributed by atoms with E-state index in [4.69, 9.17) is 4.74 Å². The van der Waals surface area contributed by atoms with Crippen LogP contribution in [0, 0.1) is 0 Å². The van der Waals surface area contributed by atoms with Gasteiger partial charge in [0.1, 0.15) is 0 Å². The van der Waals surface area contributed by atoms with Gasteiger partial charge in [-0.1, -0.05) is 30.3 Å². The van der Waals surface area contributed by atoms with Gasteiger partial charge < -0.3 is 9.64 Å². The first-order valence-corrected chi connectivity index (χ1v) is 5.23. The third-order valence-electron chi connectivity index (χ3n) is 2.65. The van der Waals surface area contributed by atoms with Crippen LogP contribution in [0.25, 0.3) is 0 Å². The van der Waals surface area contributed by atoms with E-state index in [0.717, 1.165) is 25.9 Å². The number of ether oxygens (including phenoxy) is 1. The molecule has 3 nitrogen and oxygen atoms in total. The number of carbonyl (C=O) groups excluding carboxylic acids is 1. The van der Waals surface area contributed by atoms with Crippen LogP contribution < -0.4 is 0 Å². The molecule has 3 heteroatoms. The highest BCUT2D eigenvalue weighted by atomic mass is 16.5. The Hall–Kier alpha value is -1.35. The molecule has 0 aliphatic carbocycles. The smallest absolute Gasteiger partial charge is 0.209 e. The predicted octanol–water partition coefficient (Wildman–Crippen LogP) is 1.43. The van der Waals surface area contributed by atoms with Crippen molar-refractivity contribution in [2.75, 3.05) is 13.1 Å². The first kappa shape index (κ1) is 10.2. The van der Waals surface area contributed by atoms with Crippen molar-refractivity contribution >= 4 is 6.41 Å². The molecule has 1 aromatic rings. The topological polar surface area (TPSA) is 29.5 Å². The molecule has 1 aliphatic heterocycles. The first-order chi connectivity index (χ1) is 7.38. The summed E-state index contributed by atoms with van der Waals surface area (Å²) in [6, 6.07) is 10.1. The minimum atomic E-state index is 0.204. The van der Waals surface area contributed by atoms with E-state index in [1.54, 1.807) is 4.90 Å². The highest BCUT2D eigenvalue weighted by molar-refractivity contribution is 5.47. The van der Waals surface area contributed by atoms with Gasteiger partial charge in [0.2, 0.25) is 6.41 Å². The average molecular weight is 205 g/mol. The number of benzene rings is 1. The van der Waals surface area contributed by atoms with Crippen LogP contribution in [-0.2, 0) is 16.1 Å². The summed E-state index contributed by atoms with van der Waals surface area (Å²) in [6.45, 7) is 2.19. The molecule has 0 bridgehead atoms. The average Bonchev–Trinajstić information content (AvgIpc) is 2.76. The van der Waals surface area contributed by atoms with Gasteiger partial charge >= 0.3 is 0 Å². The SMILES string of the molecule is O=CN1CCC(OCc2ccccc2)C1.